The van der Waals surface area contributed by atoms with Crippen molar-refractivity contribution >= 4 is 58.2 Å². The van der Waals surface area contributed by atoms with Gasteiger partial charge in [0.15, 0.2) is 21.2 Å². The van der Waals surface area contributed by atoms with Crippen LogP contribution >= 0.6 is 24.4 Å². The number of fused-ring (bicyclic) bond motifs is 2. The first-order valence-corrected chi connectivity index (χ1v) is 7.97. The second-order valence-electron chi connectivity index (χ2n) is 5.26. The number of aromatic nitrogens is 4. The number of aromatic amines is 2. The molecule has 0 spiro atoms. The first kappa shape index (κ1) is 14.7. The summed E-state index contributed by atoms with van der Waals surface area (Å²) in [6, 6.07) is 15.0. The average molecular weight is 352 g/mol. The van der Waals surface area contributed by atoms with Gasteiger partial charge in [-0.1, -0.05) is 24.3 Å². The highest BCUT2D eigenvalue weighted by molar-refractivity contribution is 7.71. The number of para-hydroxylation sites is 4. The molecule has 0 aliphatic carbocycles. The number of hydrogen-bond donors (Lipinski definition) is 4. The van der Waals surface area contributed by atoms with Crippen molar-refractivity contribution in [3.8, 4) is 0 Å². The summed E-state index contributed by atoms with van der Waals surface area (Å²) in [5.41, 5.74) is 3.15. The Labute approximate surface area is 146 Å². The predicted octanol–water partition coefficient (Wildman–Crippen LogP) is 4.06. The zero-order valence-electron chi connectivity index (χ0n) is 12.3. The van der Waals surface area contributed by atoms with Crippen LogP contribution < -0.4 is 0 Å². The van der Waals surface area contributed by atoms with Crippen LogP contribution in [0.15, 0.2) is 48.5 Å². The van der Waals surface area contributed by atoms with Crippen LogP contribution in [0.25, 0.3) is 22.1 Å². The molecule has 4 rings (SSSR count). The number of rotatable bonds is 0. The minimum absolute atomic E-state index is 0.0432. The van der Waals surface area contributed by atoms with E-state index in [4.69, 9.17) is 35.3 Å². The number of nitrogens with one attached hydrogen (secondary N) is 4. The lowest BCUT2D eigenvalue weighted by atomic mass is 10.3. The van der Waals surface area contributed by atoms with Gasteiger partial charge in [-0.25, -0.2) is 0 Å². The van der Waals surface area contributed by atoms with Gasteiger partial charge in [0.05, 0.1) is 22.1 Å². The standard InChI is InChI=1S/C16H12N6S2/c17-13(21-11-7-3-1-5-9(11)19-15(21)23)14(18)22-12-8-4-2-6-10(12)20-16(22)24/h1-8,17-18H,(H,19,23)(H,20,24). The first-order chi connectivity index (χ1) is 11.6. The number of H-pyrrole nitrogens is 2. The Bertz CT molecular complexity index is 1140. The van der Waals surface area contributed by atoms with Crippen molar-refractivity contribution in [2.24, 2.45) is 0 Å². The van der Waals surface area contributed by atoms with Crippen molar-refractivity contribution in [3.63, 3.8) is 0 Å². The fourth-order valence-corrected chi connectivity index (χ4v) is 3.36. The molecule has 0 radical (unpaired) electrons. The molecule has 24 heavy (non-hydrogen) atoms. The Morgan fingerprint density at radius 1 is 0.708 bits per heavy atom. The lowest BCUT2D eigenvalue weighted by Crippen LogP contribution is -2.27. The molecule has 0 bridgehead atoms. The molecule has 2 heterocycles. The third-order valence-electron chi connectivity index (χ3n) is 3.85. The van der Waals surface area contributed by atoms with Gasteiger partial charge in [0.2, 0.25) is 0 Å². The van der Waals surface area contributed by atoms with Gasteiger partial charge in [-0.05, 0) is 48.7 Å². The largest absolute Gasteiger partial charge is 0.330 e. The van der Waals surface area contributed by atoms with Gasteiger partial charge >= 0.3 is 0 Å². The quantitative estimate of drug-likeness (QED) is 0.218. The zero-order chi connectivity index (χ0) is 16.8. The first-order valence-electron chi connectivity index (χ1n) is 7.15. The van der Waals surface area contributed by atoms with Crippen molar-refractivity contribution in [1.29, 1.82) is 10.8 Å². The van der Waals surface area contributed by atoms with Crippen LogP contribution in [-0.2, 0) is 0 Å². The Hall–Kier alpha value is -2.84. The van der Waals surface area contributed by atoms with E-state index >= 15 is 0 Å². The summed E-state index contributed by atoms with van der Waals surface area (Å²) in [5.74, 6) is -0.0865. The molecular formula is C16H12N6S2. The Morgan fingerprint density at radius 2 is 1.08 bits per heavy atom. The second kappa shape index (κ2) is 5.36. The van der Waals surface area contributed by atoms with Crippen LogP contribution in [0.2, 0.25) is 0 Å². The van der Waals surface area contributed by atoms with E-state index in [1.54, 1.807) is 0 Å². The number of hydrogen-bond acceptors (Lipinski definition) is 4. The van der Waals surface area contributed by atoms with Gasteiger partial charge in [0.25, 0.3) is 0 Å². The van der Waals surface area contributed by atoms with E-state index < -0.39 is 0 Å². The molecule has 0 saturated carbocycles. The highest BCUT2D eigenvalue weighted by atomic mass is 32.1. The van der Waals surface area contributed by atoms with Crippen LogP contribution in [0.5, 0.6) is 0 Å². The minimum atomic E-state index is -0.0432. The van der Waals surface area contributed by atoms with Crippen LogP contribution in [0, 0.1) is 20.4 Å². The van der Waals surface area contributed by atoms with Gasteiger partial charge in [-0.3, -0.25) is 20.0 Å². The molecule has 6 nitrogen and oxygen atoms in total. The summed E-state index contributed by atoms with van der Waals surface area (Å²) < 4.78 is 3.82. The maximum atomic E-state index is 8.49. The number of imidazole rings is 2. The van der Waals surface area contributed by atoms with E-state index in [2.05, 4.69) is 9.97 Å². The molecule has 2 aromatic carbocycles. The fraction of sp³-hybridized carbons (Fsp3) is 0. The SMILES string of the molecule is N=C(C(=N)n1c(=S)[nH]c2ccccc21)n1c(=S)[nH]c2ccccc21. The van der Waals surface area contributed by atoms with E-state index in [1.165, 1.54) is 9.13 Å². The smallest absolute Gasteiger partial charge is 0.184 e. The summed E-state index contributed by atoms with van der Waals surface area (Å²) in [7, 11) is 0. The van der Waals surface area contributed by atoms with E-state index in [0.29, 0.717) is 9.54 Å². The summed E-state index contributed by atoms with van der Waals surface area (Å²) >= 11 is 10.7. The number of benzene rings is 2. The maximum absolute atomic E-state index is 8.49. The van der Waals surface area contributed by atoms with E-state index in [0.717, 1.165) is 22.1 Å². The topological polar surface area (TPSA) is 89.1 Å². The van der Waals surface area contributed by atoms with Crippen molar-refractivity contribution in [2.45, 2.75) is 0 Å². The highest BCUT2D eigenvalue weighted by Crippen LogP contribution is 2.16. The molecule has 0 amide bonds. The number of nitrogens with zero attached hydrogens (tertiary/aromatic N) is 2. The van der Waals surface area contributed by atoms with Gasteiger partial charge in [-0.15, -0.1) is 0 Å². The molecule has 8 heteroatoms. The molecule has 0 aliphatic heterocycles. The van der Waals surface area contributed by atoms with Crippen molar-refractivity contribution in [2.75, 3.05) is 0 Å². The predicted molar refractivity (Wildman–Crippen MR) is 100 cm³/mol. The lowest BCUT2D eigenvalue weighted by molar-refractivity contribution is 1.07. The van der Waals surface area contributed by atoms with Crippen LogP contribution in [0.4, 0.5) is 0 Å². The molecular weight excluding hydrogens is 340 g/mol. The molecule has 4 aromatic rings. The van der Waals surface area contributed by atoms with E-state index in [9.17, 15) is 0 Å². The van der Waals surface area contributed by atoms with Gasteiger partial charge in [-0.2, -0.15) is 0 Å². The Balaban J connectivity index is 1.92. The Kier molecular flexibility index (Phi) is 3.29. The van der Waals surface area contributed by atoms with Crippen molar-refractivity contribution < 1.29 is 0 Å². The summed E-state index contributed by atoms with van der Waals surface area (Å²) in [6.45, 7) is 0. The van der Waals surface area contributed by atoms with Crippen molar-refractivity contribution in [3.05, 3.63) is 58.1 Å². The molecule has 0 fully saturated rings. The normalized spacial score (nSPS) is 11.2. The maximum Gasteiger partial charge on any atom is 0.184 e. The minimum Gasteiger partial charge on any atom is -0.330 e. The molecule has 4 N–H and O–H groups in total. The summed E-state index contributed by atoms with van der Waals surface area (Å²) in [5, 5.41) is 17.0. The molecule has 0 aliphatic rings. The zero-order valence-corrected chi connectivity index (χ0v) is 14.0. The van der Waals surface area contributed by atoms with Crippen LogP contribution in [-0.4, -0.2) is 30.8 Å². The molecule has 118 valence electrons. The van der Waals surface area contributed by atoms with Gasteiger partial charge in [0.1, 0.15) is 0 Å². The summed E-state index contributed by atoms with van der Waals surface area (Å²) in [6.07, 6.45) is 0. The molecule has 0 unspecified atom stereocenters. The summed E-state index contributed by atoms with van der Waals surface area (Å²) in [4.78, 5) is 6.11. The molecule has 0 saturated heterocycles. The van der Waals surface area contributed by atoms with Crippen LogP contribution in [0.3, 0.4) is 0 Å². The fourth-order valence-electron chi connectivity index (χ4n) is 2.77. The monoisotopic (exact) mass is 352 g/mol. The average Bonchev–Trinajstić information content (AvgIpc) is 3.08. The lowest BCUT2D eigenvalue weighted by Gasteiger charge is -2.10. The van der Waals surface area contributed by atoms with E-state index in [1.807, 2.05) is 48.5 Å². The van der Waals surface area contributed by atoms with Crippen LogP contribution in [0.1, 0.15) is 0 Å². The van der Waals surface area contributed by atoms with Gasteiger partial charge < -0.3 is 9.97 Å². The van der Waals surface area contributed by atoms with Gasteiger partial charge in [0, 0.05) is 0 Å². The third-order valence-corrected chi connectivity index (χ3v) is 4.42. The second-order valence-corrected chi connectivity index (χ2v) is 6.04. The third kappa shape index (κ3) is 2.08. The Morgan fingerprint density at radius 3 is 1.50 bits per heavy atom. The molecule has 0 atom stereocenters. The molecule has 2 aromatic heterocycles. The highest BCUT2D eigenvalue weighted by Gasteiger charge is 2.17. The van der Waals surface area contributed by atoms with E-state index in [-0.39, 0.29) is 11.7 Å². The van der Waals surface area contributed by atoms with Crippen molar-refractivity contribution in [1.82, 2.24) is 19.1 Å².